The molecule has 5 rings (SSSR count). The lowest BCUT2D eigenvalue weighted by Crippen LogP contribution is -2.29. The van der Waals surface area contributed by atoms with Crippen molar-refractivity contribution in [1.82, 2.24) is 4.98 Å². The number of aliphatic hydroxyl groups is 1. The van der Waals surface area contributed by atoms with Crippen molar-refractivity contribution < 1.29 is 24.2 Å². The van der Waals surface area contributed by atoms with E-state index in [1.807, 2.05) is 6.92 Å². The molecule has 2 aliphatic heterocycles. The van der Waals surface area contributed by atoms with Gasteiger partial charge in [-0.25, -0.2) is 0 Å². The van der Waals surface area contributed by atoms with Gasteiger partial charge in [0.1, 0.15) is 19.0 Å². The molecule has 1 atom stereocenters. The van der Waals surface area contributed by atoms with Crippen molar-refractivity contribution in [2.75, 3.05) is 18.1 Å². The summed E-state index contributed by atoms with van der Waals surface area (Å²) in [4.78, 5) is 31.9. The Labute approximate surface area is 194 Å². The van der Waals surface area contributed by atoms with Crippen LogP contribution in [0, 0.1) is 6.92 Å². The Kier molecular flexibility index (Phi) is 5.26. The van der Waals surface area contributed by atoms with Gasteiger partial charge in [-0.1, -0.05) is 23.7 Å². The number of pyridine rings is 1. The summed E-state index contributed by atoms with van der Waals surface area (Å²) in [5.41, 5.74) is 2.16. The molecule has 7 nitrogen and oxygen atoms in total. The molecule has 0 aliphatic carbocycles. The number of rotatable bonds is 3. The number of aliphatic hydroxyl groups excluding tert-OH is 1. The van der Waals surface area contributed by atoms with E-state index in [9.17, 15) is 14.7 Å². The summed E-state index contributed by atoms with van der Waals surface area (Å²) in [5.74, 6) is -0.852. The van der Waals surface area contributed by atoms with Gasteiger partial charge >= 0.3 is 0 Å². The third-order valence-electron chi connectivity index (χ3n) is 5.69. The normalized spacial score (nSPS) is 19.1. The number of Topliss-reactive ketones (excluding diaryl/α,β-unsaturated/α-hetero) is 1. The number of carbonyl (C=O) groups excluding carboxylic acids is 2. The zero-order valence-electron chi connectivity index (χ0n) is 17.6. The average Bonchev–Trinajstić information content (AvgIpc) is 3.11. The molecule has 33 heavy (non-hydrogen) atoms. The average molecular weight is 463 g/mol. The maximum absolute atomic E-state index is 13.2. The highest BCUT2D eigenvalue weighted by Crippen LogP contribution is 2.43. The summed E-state index contributed by atoms with van der Waals surface area (Å²) in [5, 5.41) is 11.7. The molecule has 1 aromatic heterocycles. The van der Waals surface area contributed by atoms with Crippen molar-refractivity contribution in [3.8, 4) is 11.5 Å². The number of ketones is 1. The number of halogens is 1. The molecule has 3 heterocycles. The minimum Gasteiger partial charge on any atom is -0.507 e. The molecule has 166 valence electrons. The van der Waals surface area contributed by atoms with Crippen molar-refractivity contribution in [1.29, 1.82) is 0 Å². The Balaban J connectivity index is 1.69. The second-order valence-corrected chi connectivity index (χ2v) is 8.15. The molecule has 1 amide bonds. The van der Waals surface area contributed by atoms with Crippen LogP contribution in [0.3, 0.4) is 0 Å². The van der Waals surface area contributed by atoms with Gasteiger partial charge in [0, 0.05) is 28.7 Å². The second kappa shape index (κ2) is 8.26. The van der Waals surface area contributed by atoms with Crippen molar-refractivity contribution in [3.05, 3.63) is 88.2 Å². The quantitative estimate of drug-likeness (QED) is 0.351. The number of benzene rings is 2. The van der Waals surface area contributed by atoms with E-state index in [4.69, 9.17) is 21.1 Å². The SMILES string of the molecule is Cc1ccc(N2C(=O)C(=O)/C(=C(\O)c3ccc4c(c3)OCCO4)C2c2cccnc2)cc1Cl. The van der Waals surface area contributed by atoms with E-state index >= 15 is 0 Å². The van der Waals surface area contributed by atoms with Crippen LogP contribution in [0.25, 0.3) is 5.76 Å². The highest BCUT2D eigenvalue weighted by Gasteiger charge is 2.47. The van der Waals surface area contributed by atoms with Crippen LogP contribution < -0.4 is 14.4 Å². The molecule has 3 aromatic rings. The van der Waals surface area contributed by atoms with Crippen LogP contribution >= 0.6 is 11.6 Å². The molecule has 1 unspecified atom stereocenters. The fraction of sp³-hybridized carbons (Fsp3) is 0.160. The van der Waals surface area contributed by atoms with Gasteiger partial charge in [-0.3, -0.25) is 19.5 Å². The van der Waals surface area contributed by atoms with Crippen molar-refractivity contribution >= 4 is 34.7 Å². The molecule has 1 fully saturated rings. The Morgan fingerprint density at radius 3 is 2.61 bits per heavy atom. The highest BCUT2D eigenvalue weighted by molar-refractivity contribution is 6.51. The summed E-state index contributed by atoms with van der Waals surface area (Å²) >= 11 is 6.31. The van der Waals surface area contributed by atoms with E-state index in [0.717, 1.165) is 5.56 Å². The summed E-state index contributed by atoms with van der Waals surface area (Å²) in [6.07, 6.45) is 3.16. The minimum atomic E-state index is -0.884. The molecule has 1 saturated heterocycles. The summed E-state index contributed by atoms with van der Waals surface area (Å²) in [7, 11) is 0. The molecule has 8 heteroatoms. The maximum atomic E-state index is 13.2. The van der Waals surface area contributed by atoms with E-state index in [2.05, 4.69) is 4.98 Å². The molecular weight excluding hydrogens is 444 g/mol. The van der Waals surface area contributed by atoms with Gasteiger partial charge in [0.2, 0.25) is 0 Å². The van der Waals surface area contributed by atoms with Crippen LogP contribution in [0.1, 0.15) is 22.7 Å². The molecule has 2 aromatic carbocycles. The van der Waals surface area contributed by atoms with Crippen molar-refractivity contribution in [2.24, 2.45) is 0 Å². The van der Waals surface area contributed by atoms with Gasteiger partial charge < -0.3 is 14.6 Å². The summed E-state index contributed by atoms with van der Waals surface area (Å²) in [6.45, 7) is 2.66. The number of carbonyl (C=O) groups is 2. The minimum absolute atomic E-state index is 0.0404. The zero-order valence-corrected chi connectivity index (χ0v) is 18.4. The second-order valence-electron chi connectivity index (χ2n) is 7.75. The van der Waals surface area contributed by atoms with Gasteiger partial charge in [-0.05, 0) is 54.4 Å². The van der Waals surface area contributed by atoms with Gasteiger partial charge in [0.25, 0.3) is 11.7 Å². The fourth-order valence-corrected chi connectivity index (χ4v) is 4.20. The number of anilines is 1. The first-order valence-electron chi connectivity index (χ1n) is 10.3. The van der Waals surface area contributed by atoms with Gasteiger partial charge in [0.15, 0.2) is 11.5 Å². The first kappa shape index (κ1) is 21.0. The van der Waals surface area contributed by atoms with Gasteiger partial charge in [-0.2, -0.15) is 0 Å². The van der Waals surface area contributed by atoms with E-state index in [1.165, 1.54) is 4.90 Å². The monoisotopic (exact) mass is 462 g/mol. The Bertz CT molecular complexity index is 1310. The van der Waals surface area contributed by atoms with Crippen LogP contribution in [-0.4, -0.2) is 35.0 Å². The molecule has 0 spiro atoms. The van der Waals surface area contributed by atoms with Crippen LogP contribution in [0.2, 0.25) is 5.02 Å². The van der Waals surface area contributed by atoms with E-state index in [0.29, 0.717) is 46.5 Å². The number of hydrogen-bond acceptors (Lipinski definition) is 6. The lowest BCUT2D eigenvalue weighted by atomic mass is 9.96. The molecule has 2 aliphatic rings. The number of nitrogens with zero attached hydrogens (tertiary/aromatic N) is 2. The van der Waals surface area contributed by atoms with Crippen LogP contribution in [-0.2, 0) is 9.59 Å². The summed E-state index contributed by atoms with van der Waals surface area (Å²) < 4.78 is 11.1. The number of amides is 1. The fourth-order valence-electron chi connectivity index (χ4n) is 4.03. The highest BCUT2D eigenvalue weighted by atomic mass is 35.5. The Morgan fingerprint density at radius 1 is 1.09 bits per heavy atom. The molecule has 1 N–H and O–H groups in total. The third kappa shape index (κ3) is 3.60. The molecule has 0 radical (unpaired) electrons. The maximum Gasteiger partial charge on any atom is 0.300 e. The smallest absolute Gasteiger partial charge is 0.300 e. The van der Waals surface area contributed by atoms with Gasteiger partial charge in [0.05, 0.1) is 11.6 Å². The van der Waals surface area contributed by atoms with E-state index < -0.39 is 17.7 Å². The predicted octanol–water partition coefficient (Wildman–Crippen LogP) is 4.44. The summed E-state index contributed by atoms with van der Waals surface area (Å²) in [6, 6.07) is 12.6. The van der Waals surface area contributed by atoms with Gasteiger partial charge in [-0.15, -0.1) is 0 Å². The van der Waals surface area contributed by atoms with Crippen molar-refractivity contribution in [3.63, 3.8) is 0 Å². The van der Waals surface area contributed by atoms with E-state index in [-0.39, 0.29) is 11.3 Å². The van der Waals surface area contributed by atoms with Crippen molar-refractivity contribution in [2.45, 2.75) is 13.0 Å². The number of ether oxygens (including phenoxy) is 2. The van der Waals surface area contributed by atoms with Crippen LogP contribution in [0.15, 0.2) is 66.5 Å². The molecule has 0 saturated carbocycles. The first-order chi connectivity index (χ1) is 16.0. The predicted molar refractivity (Wildman–Crippen MR) is 123 cm³/mol. The Hall–Kier alpha value is -3.84. The Morgan fingerprint density at radius 2 is 1.88 bits per heavy atom. The zero-order chi connectivity index (χ0) is 23.1. The van der Waals surface area contributed by atoms with E-state index in [1.54, 1.807) is 60.9 Å². The number of aryl methyl sites for hydroxylation is 1. The molecular formula is C25H19ClN2O5. The largest absolute Gasteiger partial charge is 0.507 e. The first-order valence-corrected chi connectivity index (χ1v) is 10.7. The van der Waals surface area contributed by atoms with Crippen LogP contribution in [0.5, 0.6) is 11.5 Å². The number of hydrogen-bond donors (Lipinski definition) is 1. The third-order valence-corrected chi connectivity index (χ3v) is 6.10. The topological polar surface area (TPSA) is 89.0 Å². The lowest BCUT2D eigenvalue weighted by molar-refractivity contribution is -0.132. The number of aromatic nitrogens is 1. The lowest BCUT2D eigenvalue weighted by Gasteiger charge is -2.25. The van der Waals surface area contributed by atoms with Crippen LogP contribution in [0.4, 0.5) is 5.69 Å². The number of fused-ring (bicyclic) bond motifs is 1. The molecule has 0 bridgehead atoms. The standard InChI is InChI=1S/C25H19ClN2O5/c1-14-4-6-17(12-18(14)26)28-22(16-3-2-8-27-13-16)21(24(30)25(28)31)23(29)15-5-7-19-20(11-15)33-10-9-32-19/h2-8,11-13,22,29H,9-10H2,1H3/b23-21-.